The quantitative estimate of drug-likeness (QED) is 0.792. The molecule has 0 aliphatic carbocycles. The highest BCUT2D eigenvalue weighted by Crippen LogP contribution is 2.36. The standard InChI is InChI=1S/C6H6Cl3N3O/c7-6(8,9)5-11-1-2-12(5)3-4(10)13/h1-2H,3H2,(H2,10,13). The average Bonchev–Trinajstić information content (AvgIpc) is 2.31. The number of alkyl halides is 3. The van der Waals surface area contributed by atoms with E-state index < -0.39 is 9.70 Å². The molecule has 0 atom stereocenters. The zero-order valence-electron chi connectivity index (χ0n) is 6.38. The van der Waals surface area contributed by atoms with Gasteiger partial charge in [-0.2, -0.15) is 0 Å². The summed E-state index contributed by atoms with van der Waals surface area (Å²) in [5, 5.41) is 0. The van der Waals surface area contributed by atoms with Crippen LogP contribution in [-0.4, -0.2) is 15.5 Å². The SMILES string of the molecule is NC(=O)Cn1ccnc1C(Cl)(Cl)Cl. The summed E-state index contributed by atoms with van der Waals surface area (Å²) in [5.74, 6) is -0.343. The van der Waals surface area contributed by atoms with Crippen molar-refractivity contribution in [2.75, 3.05) is 0 Å². The predicted molar refractivity (Wildman–Crippen MR) is 50.7 cm³/mol. The number of nitrogens with zero attached hydrogens (tertiary/aromatic N) is 2. The van der Waals surface area contributed by atoms with Crippen LogP contribution in [0.15, 0.2) is 12.4 Å². The van der Waals surface area contributed by atoms with Gasteiger partial charge in [0.25, 0.3) is 0 Å². The minimum absolute atomic E-state index is 0.0523. The van der Waals surface area contributed by atoms with Crippen molar-refractivity contribution in [3.05, 3.63) is 18.2 Å². The molecule has 0 bridgehead atoms. The van der Waals surface area contributed by atoms with E-state index in [0.717, 1.165) is 0 Å². The van der Waals surface area contributed by atoms with Gasteiger partial charge in [-0.3, -0.25) is 4.79 Å². The second-order valence-corrected chi connectivity index (χ2v) is 4.62. The molecule has 0 unspecified atom stereocenters. The number of halogens is 3. The number of carbonyl (C=O) groups excluding carboxylic acids is 1. The number of hydrogen-bond acceptors (Lipinski definition) is 2. The summed E-state index contributed by atoms with van der Waals surface area (Å²) in [6.45, 7) is -0.0523. The minimum Gasteiger partial charge on any atom is -0.368 e. The molecule has 1 amide bonds. The van der Waals surface area contributed by atoms with Crippen molar-refractivity contribution in [2.24, 2.45) is 5.73 Å². The summed E-state index contributed by atoms with van der Waals surface area (Å²) in [4.78, 5) is 14.4. The van der Waals surface area contributed by atoms with E-state index in [1.807, 2.05) is 0 Å². The molecular formula is C6H6Cl3N3O. The van der Waals surface area contributed by atoms with Crippen molar-refractivity contribution in [2.45, 2.75) is 10.3 Å². The molecule has 0 fully saturated rings. The molecule has 0 aliphatic rings. The van der Waals surface area contributed by atoms with E-state index in [4.69, 9.17) is 40.5 Å². The number of aromatic nitrogens is 2. The summed E-state index contributed by atoms with van der Waals surface area (Å²) in [6, 6.07) is 0. The zero-order chi connectivity index (χ0) is 10.1. The van der Waals surface area contributed by atoms with Gasteiger partial charge in [-0.15, -0.1) is 0 Å². The molecule has 13 heavy (non-hydrogen) atoms. The number of amides is 1. The van der Waals surface area contributed by atoms with E-state index in [1.165, 1.54) is 17.0 Å². The highest BCUT2D eigenvalue weighted by atomic mass is 35.6. The number of primary amides is 1. The smallest absolute Gasteiger partial charge is 0.248 e. The van der Waals surface area contributed by atoms with E-state index in [0.29, 0.717) is 0 Å². The fraction of sp³-hybridized carbons (Fsp3) is 0.333. The Morgan fingerprint density at radius 3 is 2.69 bits per heavy atom. The largest absolute Gasteiger partial charge is 0.368 e. The summed E-state index contributed by atoms with van der Waals surface area (Å²) in [5.41, 5.74) is 4.98. The second-order valence-electron chi connectivity index (χ2n) is 2.34. The maximum Gasteiger partial charge on any atom is 0.248 e. The second kappa shape index (κ2) is 3.74. The molecule has 1 aromatic heterocycles. The van der Waals surface area contributed by atoms with E-state index in [2.05, 4.69) is 4.98 Å². The monoisotopic (exact) mass is 241 g/mol. The first-order valence-corrected chi connectivity index (χ1v) is 4.41. The van der Waals surface area contributed by atoms with E-state index in [1.54, 1.807) is 0 Å². The van der Waals surface area contributed by atoms with Gasteiger partial charge >= 0.3 is 0 Å². The van der Waals surface area contributed by atoms with Gasteiger partial charge in [0.1, 0.15) is 6.54 Å². The van der Waals surface area contributed by atoms with Crippen LogP contribution in [0.5, 0.6) is 0 Å². The molecule has 0 saturated carbocycles. The van der Waals surface area contributed by atoms with Gasteiger partial charge in [-0.1, -0.05) is 34.8 Å². The normalized spacial score (nSPS) is 11.6. The van der Waals surface area contributed by atoms with Crippen molar-refractivity contribution in [1.29, 1.82) is 0 Å². The Morgan fingerprint density at radius 2 is 2.23 bits per heavy atom. The van der Waals surface area contributed by atoms with Crippen LogP contribution in [0, 0.1) is 0 Å². The molecule has 0 radical (unpaired) electrons. The lowest BCUT2D eigenvalue weighted by Crippen LogP contribution is -2.22. The van der Waals surface area contributed by atoms with Gasteiger partial charge in [0.15, 0.2) is 5.82 Å². The van der Waals surface area contributed by atoms with Crippen LogP contribution in [0.4, 0.5) is 0 Å². The third-order valence-electron chi connectivity index (χ3n) is 1.30. The Morgan fingerprint density at radius 1 is 1.62 bits per heavy atom. The fourth-order valence-electron chi connectivity index (χ4n) is 0.861. The molecular weight excluding hydrogens is 236 g/mol. The maximum atomic E-state index is 10.6. The van der Waals surface area contributed by atoms with Crippen LogP contribution in [-0.2, 0) is 15.1 Å². The summed E-state index contributed by atoms with van der Waals surface area (Å²) in [6.07, 6.45) is 2.95. The highest BCUT2D eigenvalue weighted by molar-refractivity contribution is 6.66. The number of hydrogen-bond donors (Lipinski definition) is 1. The first-order valence-electron chi connectivity index (χ1n) is 3.28. The van der Waals surface area contributed by atoms with E-state index in [9.17, 15) is 4.79 Å². The molecule has 1 rings (SSSR count). The van der Waals surface area contributed by atoms with Crippen molar-refractivity contribution in [1.82, 2.24) is 9.55 Å². The Bertz CT molecular complexity index is 317. The van der Waals surface area contributed by atoms with Gasteiger partial charge in [-0.05, 0) is 0 Å². The molecule has 0 saturated heterocycles. The van der Waals surface area contributed by atoms with Gasteiger partial charge in [-0.25, -0.2) is 4.98 Å². The molecule has 0 aliphatic heterocycles. The molecule has 72 valence electrons. The third-order valence-corrected chi connectivity index (χ3v) is 1.80. The van der Waals surface area contributed by atoms with Crippen molar-refractivity contribution in [3.63, 3.8) is 0 Å². The maximum absolute atomic E-state index is 10.6. The summed E-state index contributed by atoms with van der Waals surface area (Å²) >= 11 is 16.8. The van der Waals surface area contributed by atoms with E-state index >= 15 is 0 Å². The number of imidazole rings is 1. The first-order chi connectivity index (χ1) is 5.91. The van der Waals surface area contributed by atoms with Gasteiger partial charge in [0.05, 0.1) is 0 Å². The highest BCUT2D eigenvalue weighted by Gasteiger charge is 2.28. The lowest BCUT2D eigenvalue weighted by molar-refractivity contribution is -0.118. The van der Waals surface area contributed by atoms with Crippen molar-refractivity contribution in [3.8, 4) is 0 Å². The number of rotatable bonds is 2. The molecule has 4 nitrogen and oxygen atoms in total. The van der Waals surface area contributed by atoms with Crippen LogP contribution in [0.2, 0.25) is 0 Å². The Labute approximate surface area is 89.6 Å². The lowest BCUT2D eigenvalue weighted by atomic mass is 10.5. The third kappa shape index (κ3) is 2.76. The van der Waals surface area contributed by atoms with Crippen LogP contribution < -0.4 is 5.73 Å². The fourth-order valence-corrected chi connectivity index (χ4v) is 1.33. The van der Waals surface area contributed by atoms with Gasteiger partial charge in [0, 0.05) is 12.4 Å². The molecule has 2 N–H and O–H groups in total. The van der Waals surface area contributed by atoms with Crippen molar-refractivity contribution >= 4 is 40.7 Å². The molecule has 7 heteroatoms. The Hall–Kier alpha value is -0.450. The van der Waals surface area contributed by atoms with Crippen LogP contribution in [0.25, 0.3) is 0 Å². The predicted octanol–water partition coefficient (Wildman–Crippen LogP) is 1.20. The zero-order valence-corrected chi connectivity index (χ0v) is 8.64. The molecule has 0 aromatic carbocycles. The topological polar surface area (TPSA) is 60.9 Å². The Kier molecular flexibility index (Phi) is 3.05. The van der Waals surface area contributed by atoms with Crippen LogP contribution in [0.1, 0.15) is 5.82 Å². The summed E-state index contributed by atoms with van der Waals surface area (Å²) < 4.78 is -0.256. The number of nitrogens with two attached hydrogens (primary N) is 1. The molecule has 0 spiro atoms. The first kappa shape index (κ1) is 10.6. The lowest BCUT2D eigenvalue weighted by Gasteiger charge is -2.11. The van der Waals surface area contributed by atoms with Gasteiger partial charge < -0.3 is 10.3 Å². The minimum atomic E-state index is -1.64. The van der Waals surface area contributed by atoms with Gasteiger partial charge in [0.2, 0.25) is 9.70 Å². The average molecular weight is 242 g/mol. The molecule has 1 heterocycles. The number of carbonyl (C=O) groups is 1. The van der Waals surface area contributed by atoms with E-state index in [-0.39, 0.29) is 12.4 Å². The molecule has 1 aromatic rings. The Balaban J connectivity index is 2.96. The van der Waals surface area contributed by atoms with Crippen LogP contribution in [0.3, 0.4) is 0 Å². The van der Waals surface area contributed by atoms with Crippen LogP contribution >= 0.6 is 34.8 Å². The van der Waals surface area contributed by atoms with Crippen molar-refractivity contribution < 1.29 is 4.79 Å². The summed E-state index contributed by atoms with van der Waals surface area (Å²) in [7, 11) is 0.